The van der Waals surface area contributed by atoms with E-state index in [0.717, 1.165) is 0 Å². The SMILES string of the molecule is CCCn1c(-c2cccc([N+](=O)[O-])c2)nnc1S(=O)(=O)Cl. The maximum atomic E-state index is 11.5. The van der Waals surface area contributed by atoms with E-state index in [4.69, 9.17) is 10.7 Å². The van der Waals surface area contributed by atoms with Crippen LogP contribution in [0.25, 0.3) is 11.4 Å². The molecule has 1 aromatic heterocycles. The molecule has 2 rings (SSSR count). The van der Waals surface area contributed by atoms with Gasteiger partial charge in [-0.15, -0.1) is 10.2 Å². The van der Waals surface area contributed by atoms with E-state index in [2.05, 4.69) is 10.2 Å². The van der Waals surface area contributed by atoms with Crippen molar-refractivity contribution in [1.29, 1.82) is 0 Å². The molecule has 112 valence electrons. The Bertz CT molecular complexity index is 787. The Morgan fingerprint density at radius 3 is 2.67 bits per heavy atom. The Balaban J connectivity index is 2.61. The van der Waals surface area contributed by atoms with Crippen LogP contribution in [0.3, 0.4) is 0 Å². The maximum Gasteiger partial charge on any atom is 0.296 e. The predicted octanol–water partition coefficient (Wildman–Crippen LogP) is 2.19. The van der Waals surface area contributed by atoms with Gasteiger partial charge in [0.05, 0.1) is 4.92 Å². The van der Waals surface area contributed by atoms with Gasteiger partial charge in [-0.25, -0.2) is 8.42 Å². The van der Waals surface area contributed by atoms with Gasteiger partial charge in [-0.05, 0) is 6.42 Å². The molecule has 0 saturated heterocycles. The minimum absolute atomic E-state index is 0.117. The zero-order valence-electron chi connectivity index (χ0n) is 10.9. The van der Waals surface area contributed by atoms with Crippen LogP contribution in [-0.2, 0) is 15.6 Å². The average molecular weight is 331 g/mol. The third-order valence-corrected chi connectivity index (χ3v) is 3.85. The van der Waals surface area contributed by atoms with Gasteiger partial charge in [0.15, 0.2) is 5.82 Å². The van der Waals surface area contributed by atoms with Crippen molar-refractivity contribution >= 4 is 25.4 Å². The Labute approximate surface area is 124 Å². The van der Waals surface area contributed by atoms with Gasteiger partial charge in [0, 0.05) is 34.9 Å². The highest BCUT2D eigenvalue weighted by Crippen LogP contribution is 2.25. The summed E-state index contributed by atoms with van der Waals surface area (Å²) in [4.78, 5) is 10.3. The molecule has 0 spiro atoms. The lowest BCUT2D eigenvalue weighted by atomic mass is 10.2. The fourth-order valence-electron chi connectivity index (χ4n) is 1.87. The van der Waals surface area contributed by atoms with Crippen LogP contribution in [0.1, 0.15) is 13.3 Å². The Morgan fingerprint density at radius 2 is 2.10 bits per heavy atom. The average Bonchev–Trinajstić information content (AvgIpc) is 2.83. The van der Waals surface area contributed by atoms with Gasteiger partial charge < -0.3 is 0 Å². The number of nitro groups is 1. The van der Waals surface area contributed by atoms with Crippen molar-refractivity contribution in [2.75, 3.05) is 0 Å². The summed E-state index contributed by atoms with van der Waals surface area (Å²) in [6.07, 6.45) is 0.624. The van der Waals surface area contributed by atoms with Crippen molar-refractivity contribution in [3.05, 3.63) is 34.4 Å². The summed E-state index contributed by atoms with van der Waals surface area (Å²) < 4.78 is 24.3. The second-order valence-electron chi connectivity index (χ2n) is 4.20. The largest absolute Gasteiger partial charge is 0.297 e. The first-order valence-corrected chi connectivity index (χ1v) is 8.28. The van der Waals surface area contributed by atoms with Gasteiger partial charge >= 0.3 is 0 Å². The molecule has 0 fully saturated rings. The Kier molecular flexibility index (Phi) is 4.24. The molecule has 1 aromatic carbocycles. The zero-order chi connectivity index (χ0) is 15.6. The number of rotatable bonds is 5. The van der Waals surface area contributed by atoms with Crippen LogP contribution < -0.4 is 0 Å². The minimum Gasteiger partial charge on any atom is -0.297 e. The molecular weight excluding hydrogens is 320 g/mol. The standard InChI is InChI=1S/C11H11ClN4O4S/c1-2-6-15-10(13-14-11(15)21(12,19)20)8-4-3-5-9(7-8)16(17)18/h3-5,7H,2,6H2,1H3. The van der Waals surface area contributed by atoms with Gasteiger partial charge in [-0.3, -0.25) is 14.7 Å². The van der Waals surface area contributed by atoms with Crippen molar-refractivity contribution in [3.63, 3.8) is 0 Å². The normalized spacial score (nSPS) is 11.5. The molecule has 0 saturated carbocycles. The van der Waals surface area contributed by atoms with Crippen molar-refractivity contribution in [2.45, 2.75) is 25.0 Å². The fraction of sp³-hybridized carbons (Fsp3) is 0.273. The van der Waals surface area contributed by atoms with E-state index in [1.54, 1.807) is 6.07 Å². The van der Waals surface area contributed by atoms with E-state index in [1.807, 2.05) is 6.92 Å². The molecule has 0 unspecified atom stereocenters. The van der Waals surface area contributed by atoms with Crippen LogP contribution in [0.4, 0.5) is 5.69 Å². The summed E-state index contributed by atoms with van der Waals surface area (Å²) >= 11 is 0. The monoisotopic (exact) mass is 330 g/mol. The molecule has 21 heavy (non-hydrogen) atoms. The molecule has 0 amide bonds. The smallest absolute Gasteiger partial charge is 0.296 e. The molecule has 8 nitrogen and oxygen atoms in total. The van der Waals surface area contributed by atoms with Crippen molar-refractivity contribution in [3.8, 4) is 11.4 Å². The lowest BCUT2D eigenvalue weighted by Crippen LogP contribution is -2.07. The molecule has 1 heterocycles. The Morgan fingerprint density at radius 1 is 1.38 bits per heavy atom. The van der Waals surface area contributed by atoms with E-state index >= 15 is 0 Å². The second kappa shape index (κ2) is 5.78. The molecule has 0 atom stereocenters. The molecule has 0 aliphatic heterocycles. The van der Waals surface area contributed by atoms with Gasteiger partial charge in [-0.1, -0.05) is 19.1 Å². The summed E-state index contributed by atoms with van der Waals surface area (Å²) in [6, 6.07) is 5.73. The first-order valence-electron chi connectivity index (χ1n) is 5.97. The zero-order valence-corrected chi connectivity index (χ0v) is 12.5. The fourth-order valence-corrected chi connectivity index (χ4v) is 2.79. The highest BCUT2D eigenvalue weighted by atomic mass is 35.7. The second-order valence-corrected chi connectivity index (χ2v) is 6.66. The van der Waals surface area contributed by atoms with E-state index in [9.17, 15) is 18.5 Å². The summed E-state index contributed by atoms with van der Waals surface area (Å²) in [7, 11) is 1.28. The van der Waals surface area contributed by atoms with Crippen LogP contribution in [-0.4, -0.2) is 28.1 Å². The molecule has 0 aliphatic rings. The lowest BCUT2D eigenvalue weighted by molar-refractivity contribution is -0.384. The maximum absolute atomic E-state index is 11.5. The van der Waals surface area contributed by atoms with E-state index in [1.165, 1.54) is 22.8 Å². The molecule has 0 aliphatic carbocycles. The third-order valence-electron chi connectivity index (χ3n) is 2.70. The molecular formula is C11H11ClN4O4S. The number of halogens is 1. The van der Waals surface area contributed by atoms with Crippen LogP contribution in [0.2, 0.25) is 0 Å². The summed E-state index contributed by atoms with van der Waals surface area (Å²) in [5.41, 5.74) is 0.283. The van der Waals surface area contributed by atoms with Crippen molar-refractivity contribution in [2.24, 2.45) is 0 Å². The number of nitro benzene ring substituents is 1. The highest BCUT2D eigenvalue weighted by molar-refractivity contribution is 8.13. The third kappa shape index (κ3) is 3.19. The van der Waals surface area contributed by atoms with Crippen LogP contribution in [0.5, 0.6) is 0 Å². The van der Waals surface area contributed by atoms with Crippen LogP contribution >= 0.6 is 10.7 Å². The molecule has 0 N–H and O–H groups in total. The highest BCUT2D eigenvalue weighted by Gasteiger charge is 2.23. The Hall–Kier alpha value is -2.00. The molecule has 2 aromatic rings. The van der Waals surface area contributed by atoms with E-state index in [0.29, 0.717) is 18.5 Å². The quantitative estimate of drug-likeness (QED) is 0.472. The molecule has 0 radical (unpaired) electrons. The van der Waals surface area contributed by atoms with Crippen LogP contribution in [0.15, 0.2) is 29.4 Å². The topological polar surface area (TPSA) is 108 Å². The number of hydrogen-bond acceptors (Lipinski definition) is 6. The molecule has 10 heteroatoms. The number of aromatic nitrogens is 3. The number of hydrogen-bond donors (Lipinski definition) is 0. The number of nitrogens with zero attached hydrogens (tertiary/aromatic N) is 4. The number of benzene rings is 1. The van der Waals surface area contributed by atoms with E-state index < -0.39 is 14.0 Å². The molecule has 0 bridgehead atoms. The predicted molar refractivity (Wildman–Crippen MR) is 75.4 cm³/mol. The summed E-state index contributed by atoms with van der Waals surface area (Å²) in [5.74, 6) is 0.222. The van der Waals surface area contributed by atoms with Crippen molar-refractivity contribution < 1.29 is 13.3 Å². The first kappa shape index (κ1) is 15.4. The van der Waals surface area contributed by atoms with Gasteiger partial charge in [0.2, 0.25) is 0 Å². The van der Waals surface area contributed by atoms with Gasteiger partial charge in [0.1, 0.15) is 0 Å². The van der Waals surface area contributed by atoms with Gasteiger partial charge in [-0.2, -0.15) is 0 Å². The van der Waals surface area contributed by atoms with Crippen molar-refractivity contribution in [1.82, 2.24) is 14.8 Å². The summed E-state index contributed by atoms with van der Waals surface area (Å²) in [5, 5.41) is 17.8. The first-order chi connectivity index (χ1) is 9.84. The van der Waals surface area contributed by atoms with Crippen LogP contribution in [0, 0.1) is 10.1 Å². The number of non-ortho nitro benzene ring substituents is 1. The lowest BCUT2D eigenvalue weighted by Gasteiger charge is -2.07. The summed E-state index contributed by atoms with van der Waals surface area (Å²) in [6.45, 7) is 2.17. The minimum atomic E-state index is -4.04. The van der Waals surface area contributed by atoms with E-state index in [-0.39, 0.29) is 16.7 Å². The van der Waals surface area contributed by atoms with Gasteiger partial charge in [0.25, 0.3) is 19.9 Å².